The summed E-state index contributed by atoms with van der Waals surface area (Å²) in [5.74, 6) is 0.421. The van der Waals surface area contributed by atoms with Gasteiger partial charge in [-0.05, 0) is 74.3 Å². The van der Waals surface area contributed by atoms with Crippen molar-refractivity contribution < 1.29 is 0 Å². The molecule has 0 aliphatic carbocycles. The van der Waals surface area contributed by atoms with Crippen LogP contribution in [0.25, 0.3) is 16.7 Å². The molecule has 1 aliphatic heterocycles. The molecule has 4 aromatic rings. The van der Waals surface area contributed by atoms with Gasteiger partial charge in [0, 0.05) is 24.5 Å². The van der Waals surface area contributed by atoms with Crippen LogP contribution < -0.4 is 16.2 Å². The minimum absolute atomic E-state index is 0.0862. The Bertz CT molecular complexity index is 1410. The number of aromatic nitrogens is 4. The third-order valence-electron chi connectivity index (χ3n) is 5.70. The van der Waals surface area contributed by atoms with E-state index in [-0.39, 0.29) is 11.6 Å². The van der Waals surface area contributed by atoms with E-state index in [4.69, 9.17) is 10.2 Å². The molecule has 8 heteroatoms. The average Bonchev–Trinajstić information content (AvgIpc) is 3.11. The normalized spacial score (nSPS) is 13.2. The van der Waals surface area contributed by atoms with E-state index in [1.54, 1.807) is 27.7 Å². The average molecular weight is 425 g/mol. The fraction of sp³-hybridized carbons (Fsp3) is 0.250. The molecule has 2 aromatic heterocycles. The van der Waals surface area contributed by atoms with Gasteiger partial charge in [0.05, 0.1) is 17.3 Å². The standard InChI is InChI=1S/C24H23N7O/c1-15(2)30-23(32)21-14-27-24(28-19-6-5-17-9-10-26-13-18(17)11-19)29-22(21)31(30)20-7-3-16(12-25)4-8-20/h3-8,11,14-15,26H,9-10,13H2,1-2H3,(H,27,28,29). The molecule has 8 nitrogen and oxygen atoms in total. The van der Waals surface area contributed by atoms with Gasteiger partial charge in [0.2, 0.25) is 5.95 Å². The van der Waals surface area contributed by atoms with E-state index in [1.165, 1.54) is 11.1 Å². The fourth-order valence-electron chi connectivity index (χ4n) is 4.14. The predicted molar refractivity (Wildman–Crippen MR) is 123 cm³/mol. The SMILES string of the molecule is CC(C)n1c(=O)c2cnc(Nc3ccc4c(c3)CNCC4)nc2n1-c1ccc(C#N)cc1. The molecule has 0 amide bonds. The lowest BCUT2D eigenvalue weighted by Crippen LogP contribution is -2.24. The second kappa shape index (κ2) is 7.94. The fourth-order valence-corrected chi connectivity index (χ4v) is 4.14. The molecule has 5 rings (SSSR count). The highest BCUT2D eigenvalue weighted by Crippen LogP contribution is 2.23. The topological polar surface area (TPSA) is 101 Å². The van der Waals surface area contributed by atoms with Gasteiger partial charge < -0.3 is 10.6 Å². The molecule has 0 saturated heterocycles. The molecule has 0 spiro atoms. The molecule has 2 N–H and O–H groups in total. The van der Waals surface area contributed by atoms with Gasteiger partial charge in [0.25, 0.3) is 5.56 Å². The van der Waals surface area contributed by atoms with Crippen LogP contribution in [0.1, 0.15) is 36.6 Å². The molecule has 0 unspecified atom stereocenters. The Morgan fingerprint density at radius 2 is 1.97 bits per heavy atom. The molecule has 0 fully saturated rings. The third-order valence-corrected chi connectivity index (χ3v) is 5.70. The summed E-state index contributed by atoms with van der Waals surface area (Å²) in [6, 6.07) is 15.4. The lowest BCUT2D eigenvalue weighted by atomic mass is 10.0. The van der Waals surface area contributed by atoms with Gasteiger partial charge in [-0.3, -0.25) is 4.79 Å². The second-order valence-electron chi connectivity index (χ2n) is 8.18. The molecule has 160 valence electrons. The Kier molecular flexibility index (Phi) is 4.96. The molecule has 0 saturated carbocycles. The highest BCUT2D eigenvalue weighted by Gasteiger charge is 2.19. The molecule has 0 atom stereocenters. The van der Waals surface area contributed by atoms with Gasteiger partial charge in [-0.1, -0.05) is 6.07 Å². The zero-order chi connectivity index (χ0) is 22.2. The molecular formula is C24H23N7O. The highest BCUT2D eigenvalue weighted by molar-refractivity contribution is 5.77. The Balaban J connectivity index is 1.61. The second-order valence-corrected chi connectivity index (χ2v) is 8.18. The van der Waals surface area contributed by atoms with Gasteiger partial charge in [0.15, 0.2) is 5.65 Å². The Hall–Kier alpha value is -3.96. The minimum atomic E-state index is -0.147. The van der Waals surface area contributed by atoms with Crippen LogP contribution in [0, 0.1) is 11.3 Å². The summed E-state index contributed by atoms with van der Waals surface area (Å²) in [6.45, 7) is 5.75. The number of hydrogen-bond acceptors (Lipinski definition) is 6. The first-order valence-electron chi connectivity index (χ1n) is 10.7. The summed E-state index contributed by atoms with van der Waals surface area (Å²) in [4.78, 5) is 22.2. The summed E-state index contributed by atoms with van der Waals surface area (Å²) >= 11 is 0. The number of anilines is 2. The van der Waals surface area contributed by atoms with Crippen molar-refractivity contribution in [1.29, 1.82) is 5.26 Å². The summed E-state index contributed by atoms with van der Waals surface area (Å²) in [5, 5.41) is 16.2. The lowest BCUT2D eigenvalue weighted by Gasteiger charge is -2.18. The number of rotatable bonds is 4. The van der Waals surface area contributed by atoms with Crippen LogP contribution in [0.15, 0.2) is 53.5 Å². The van der Waals surface area contributed by atoms with E-state index in [0.29, 0.717) is 22.5 Å². The number of nitrogens with one attached hydrogen (secondary N) is 2. The molecular weight excluding hydrogens is 402 g/mol. The maximum atomic E-state index is 13.1. The molecule has 32 heavy (non-hydrogen) atoms. The van der Waals surface area contributed by atoms with Gasteiger partial charge in [-0.15, -0.1) is 0 Å². The van der Waals surface area contributed by atoms with Gasteiger partial charge in [-0.25, -0.2) is 14.3 Å². The zero-order valence-electron chi connectivity index (χ0n) is 18.0. The monoisotopic (exact) mass is 425 g/mol. The van der Waals surface area contributed by atoms with Gasteiger partial charge >= 0.3 is 0 Å². The van der Waals surface area contributed by atoms with Crippen molar-refractivity contribution in [2.45, 2.75) is 32.9 Å². The molecule has 2 aromatic carbocycles. The van der Waals surface area contributed by atoms with Crippen molar-refractivity contribution in [3.8, 4) is 11.8 Å². The summed E-state index contributed by atoms with van der Waals surface area (Å²) < 4.78 is 3.46. The van der Waals surface area contributed by atoms with E-state index < -0.39 is 0 Å². The van der Waals surface area contributed by atoms with E-state index >= 15 is 0 Å². The molecule has 1 aliphatic rings. The van der Waals surface area contributed by atoms with Crippen LogP contribution >= 0.6 is 0 Å². The number of nitrogens with zero attached hydrogens (tertiary/aromatic N) is 5. The van der Waals surface area contributed by atoms with Crippen LogP contribution in [-0.4, -0.2) is 25.9 Å². The van der Waals surface area contributed by atoms with Crippen LogP contribution in [0.2, 0.25) is 0 Å². The zero-order valence-corrected chi connectivity index (χ0v) is 18.0. The van der Waals surface area contributed by atoms with E-state index in [2.05, 4.69) is 33.8 Å². The van der Waals surface area contributed by atoms with Gasteiger partial charge in [-0.2, -0.15) is 10.2 Å². The Morgan fingerprint density at radius 1 is 1.16 bits per heavy atom. The highest BCUT2D eigenvalue weighted by atomic mass is 16.1. The first kappa shape index (κ1) is 20.0. The van der Waals surface area contributed by atoms with Crippen LogP contribution in [-0.2, 0) is 13.0 Å². The molecule has 0 bridgehead atoms. The predicted octanol–water partition coefficient (Wildman–Crippen LogP) is 3.42. The maximum absolute atomic E-state index is 13.1. The third kappa shape index (κ3) is 3.43. The first-order valence-corrected chi connectivity index (χ1v) is 10.7. The number of nitriles is 1. The summed E-state index contributed by atoms with van der Waals surface area (Å²) in [7, 11) is 0. The van der Waals surface area contributed by atoms with Gasteiger partial charge in [0.1, 0.15) is 5.39 Å². The lowest BCUT2D eigenvalue weighted by molar-refractivity contribution is 0.476. The van der Waals surface area contributed by atoms with Crippen molar-refractivity contribution in [3.63, 3.8) is 0 Å². The van der Waals surface area contributed by atoms with E-state index in [0.717, 1.165) is 30.9 Å². The largest absolute Gasteiger partial charge is 0.324 e. The minimum Gasteiger partial charge on any atom is -0.324 e. The smallest absolute Gasteiger partial charge is 0.278 e. The number of hydrogen-bond donors (Lipinski definition) is 2. The maximum Gasteiger partial charge on any atom is 0.278 e. The van der Waals surface area contributed by atoms with Crippen molar-refractivity contribution in [2.75, 3.05) is 11.9 Å². The van der Waals surface area contributed by atoms with Crippen molar-refractivity contribution in [1.82, 2.24) is 24.6 Å². The summed E-state index contributed by atoms with van der Waals surface area (Å²) in [6.07, 6.45) is 2.60. The number of benzene rings is 2. The van der Waals surface area contributed by atoms with Crippen LogP contribution in [0.5, 0.6) is 0 Å². The Labute approximate surface area is 185 Å². The van der Waals surface area contributed by atoms with Crippen molar-refractivity contribution >= 4 is 22.7 Å². The van der Waals surface area contributed by atoms with E-state index in [9.17, 15) is 4.79 Å². The van der Waals surface area contributed by atoms with Crippen molar-refractivity contribution in [2.24, 2.45) is 0 Å². The summed E-state index contributed by atoms with van der Waals surface area (Å²) in [5.41, 5.74) is 5.22. The van der Waals surface area contributed by atoms with Crippen LogP contribution in [0.3, 0.4) is 0 Å². The van der Waals surface area contributed by atoms with E-state index in [1.807, 2.05) is 32.0 Å². The van der Waals surface area contributed by atoms with Crippen molar-refractivity contribution in [3.05, 3.63) is 75.7 Å². The molecule has 0 radical (unpaired) electrons. The van der Waals surface area contributed by atoms with Crippen LogP contribution in [0.4, 0.5) is 11.6 Å². The Morgan fingerprint density at radius 3 is 2.72 bits per heavy atom. The quantitative estimate of drug-likeness (QED) is 0.520. The number of fused-ring (bicyclic) bond motifs is 2. The first-order chi connectivity index (χ1) is 15.5. The molecule has 3 heterocycles.